The second-order valence-electron chi connectivity index (χ2n) is 4.15. The van der Waals surface area contributed by atoms with Gasteiger partial charge in [0.2, 0.25) is 0 Å². The lowest BCUT2D eigenvalue weighted by atomic mass is 10.2. The molecule has 1 heterocycles. The minimum absolute atomic E-state index is 0.176. The molecule has 0 saturated carbocycles. The quantitative estimate of drug-likeness (QED) is 0.882. The number of rotatable bonds is 6. The fourth-order valence-electron chi connectivity index (χ4n) is 1.79. The van der Waals surface area contributed by atoms with Crippen LogP contribution in [0.15, 0.2) is 16.7 Å². The second kappa shape index (κ2) is 6.58. The minimum Gasteiger partial charge on any atom is -0.493 e. The molecule has 0 fully saturated rings. The van der Waals surface area contributed by atoms with Gasteiger partial charge in [-0.3, -0.25) is 0 Å². The lowest BCUT2D eigenvalue weighted by molar-refractivity contribution is 0.231. The van der Waals surface area contributed by atoms with Crippen molar-refractivity contribution in [1.29, 1.82) is 0 Å². The van der Waals surface area contributed by atoms with E-state index in [-0.39, 0.29) is 6.61 Å². The minimum atomic E-state index is 0.176. The average Bonchev–Trinajstić information content (AvgIpc) is 2.83. The Bertz CT molecular complexity index is 586. The molecule has 108 valence electrons. The highest BCUT2D eigenvalue weighted by Gasteiger charge is 2.14. The van der Waals surface area contributed by atoms with Gasteiger partial charge in [0.05, 0.1) is 7.11 Å². The molecule has 0 aliphatic carbocycles. The van der Waals surface area contributed by atoms with Gasteiger partial charge in [-0.2, -0.15) is 4.98 Å². The van der Waals surface area contributed by atoms with Crippen LogP contribution in [0.3, 0.4) is 0 Å². The van der Waals surface area contributed by atoms with Gasteiger partial charge >= 0.3 is 0 Å². The maximum absolute atomic E-state index is 6.05. The molecule has 0 bridgehead atoms. The highest BCUT2D eigenvalue weighted by atomic mass is 35.5. The molecule has 0 unspecified atom stereocenters. The van der Waals surface area contributed by atoms with Crippen molar-refractivity contribution in [1.82, 2.24) is 15.5 Å². The summed E-state index contributed by atoms with van der Waals surface area (Å²) in [5, 5.41) is 7.36. The summed E-state index contributed by atoms with van der Waals surface area (Å²) < 4.78 is 16.1. The summed E-state index contributed by atoms with van der Waals surface area (Å²) in [5.74, 6) is 2.16. The van der Waals surface area contributed by atoms with E-state index in [2.05, 4.69) is 15.5 Å². The molecule has 20 heavy (non-hydrogen) atoms. The third-order valence-corrected chi connectivity index (χ3v) is 2.81. The van der Waals surface area contributed by atoms with E-state index in [4.69, 9.17) is 25.6 Å². The van der Waals surface area contributed by atoms with Crippen molar-refractivity contribution < 1.29 is 14.0 Å². The van der Waals surface area contributed by atoms with Crippen molar-refractivity contribution in [2.24, 2.45) is 0 Å². The van der Waals surface area contributed by atoms with E-state index in [9.17, 15) is 0 Å². The first-order valence-corrected chi connectivity index (χ1v) is 6.44. The van der Waals surface area contributed by atoms with Crippen molar-refractivity contribution in [2.75, 3.05) is 14.2 Å². The molecule has 6 nitrogen and oxygen atoms in total. The van der Waals surface area contributed by atoms with Crippen LogP contribution in [0.5, 0.6) is 11.5 Å². The predicted octanol–water partition coefficient (Wildman–Crippen LogP) is 2.34. The lowest BCUT2D eigenvalue weighted by Gasteiger charge is -2.14. The van der Waals surface area contributed by atoms with Gasteiger partial charge in [-0.25, -0.2) is 0 Å². The molecule has 1 N–H and O–H groups in total. The van der Waals surface area contributed by atoms with E-state index in [1.54, 1.807) is 20.1 Å². The van der Waals surface area contributed by atoms with Crippen LogP contribution in [-0.4, -0.2) is 24.3 Å². The molecular weight excluding hydrogens is 282 g/mol. The van der Waals surface area contributed by atoms with Crippen LogP contribution in [0, 0.1) is 6.92 Å². The summed E-state index contributed by atoms with van der Waals surface area (Å²) in [5.41, 5.74) is 0.896. The zero-order chi connectivity index (χ0) is 14.5. The number of hydrogen-bond donors (Lipinski definition) is 1. The highest BCUT2D eigenvalue weighted by molar-refractivity contribution is 6.30. The highest BCUT2D eigenvalue weighted by Crippen LogP contribution is 2.35. The van der Waals surface area contributed by atoms with E-state index in [0.29, 0.717) is 34.8 Å². The van der Waals surface area contributed by atoms with Crippen LogP contribution < -0.4 is 14.8 Å². The first-order valence-electron chi connectivity index (χ1n) is 6.07. The molecule has 0 radical (unpaired) electrons. The Balaban J connectivity index is 2.23. The van der Waals surface area contributed by atoms with Crippen LogP contribution in [0.2, 0.25) is 5.02 Å². The fraction of sp³-hybridized carbons (Fsp3) is 0.385. The lowest BCUT2D eigenvalue weighted by Crippen LogP contribution is -2.09. The van der Waals surface area contributed by atoms with Crippen molar-refractivity contribution in [3.05, 3.63) is 34.4 Å². The Morgan fingerprint density at radius 3 is 2.80 bits per heavy atom. The Morgan fingerprint density at radius 1 is 1.40 bits per heavy atom. The van der Waals surface area contributed by atoms with Gasteiger partial charge in [0, 0.05) is 23.2 Å². The van der Waals surface area contributed by atoms with Gasteiger partial charge in [0.15, 0.2) is 23.9 Å². The molecule has 1 aromatic heterocycles. The molecule has 0 atom stereocenters. The number of aromatic nitrogens is 2. The van der Waals surface area contributed by atoms with Gasteiger partial charge in [0.25, 0.3) is 5.89 Å². The number of methoxy groups -OCH3 is 1. The summed E-state index contributed by atoms with van der Waals surface area (Å²) in [7, 11) is 3.41. The van der Waals surface area contributed by atoms with Crippen LogP contribution in [-0.2, 0) is 13.2 Å². The van der Waals surface area contributed by atoms with E-state index >= 15 is 0 Å². The summed E-state index contributed by atoms with van der Waals surface area (Å²) in [6, 6.07) is 3.53. The zero-order valence-corrected chi connectivity index (χ0v) is 12.3. The zero-order valence-electron chi connectivity index (χ0n) is 11.6. The maximum Gasteiger partial charge on any atom is 0.264 e. The molecule has 0 amide bonds. The van der Waals surface area contributed by atoms with Gasteiger partial charge in [-0.05, 0) is 20.0 Å². The van der Waals surface area contributed by atoms with Crippen LogP contribution >= 0.6 is 11.6 Å². The first kappa shape index (κ1) is 14.6. The second-order valence-corrected chi connectivity index (χ2v) is 4.59. The molecule has 0 aliphatic rings. The normalized spacial score (nSPS) is 10.6. The van der Waals surface area contributed by atoms with Crippen LogP contribution in [0.1, 0.15) is 17.3 Å². The average molecular weight is 298 g/mol. The van der Waals surface area contributed by atoms with Crippen molar-refractivity contribution >= 4 is 11.6 Å². The fourth-order valence-corrected chi connectivity index (χ4v) is 2.02. The summed E-state index contributed by atoms with van der Waals surface area (Å²) >= 11 is 6.05. The molecule has 0 spiro atoms. The largest absolute Gasteiger partial charge is 0.493 e. The number of halogens is 1. The summed E-state index contributed by atoms with van der Waals surface area (Å²) in [6.07, 6.45) is 0. The predicted molar refractivity (Wildman–Crippen MR) is 74.1 cm³/mol. The standard InChI is InChI=1S/C13H16ClN3O3/c1-8-16-12(20-17-8)7-19-13-9(6-15-2)4-10(14)5-11(13)18-3/h4-5,15H,6-7H2,1-3H3. The van der Waals surface area contributed by atoms with Gasteiger partial charge in [-0.1, -0.05) is 16.8 Å². The molecule has 7 heteroatoms. The first-order chi connectivity index (χ1) is 9.63. The number of nitrogens with one attached hydrogen (secondary N) is 1. The van der Waals surface area contributed by atoms with Crippen molar-refractivity contribution in [2.45, 2.75) is 20.1 Å². The summed E-state index contributed by atoms with van der Waals surface area (Å²) in [6.45, 7) is 2.53. The number of nitrogens with zero attached hydrogens (tertiary/aromatic N) is 2. The monoisotopic (exact) mass is 297 g/mol. The van der Waals surface area contributed by atoms with E-state index in [1.165, 1.54) is 0 Å². The Labute approximate surface area is 122 Å². The number of aryl methyl sites for hydroxylation is 1. The van der Waals surface area contributed by atoms with Gasteiger partial charge in [0.1, 0.15) is 0 Å². The molecule has 2 aromatic rings. The maximum atomic E-state index is 6.05. The van der Waals surface area contributed by atoms with Crippen molar-refractivity contribution in [3.63, 3.8) is 0 Å². The third-order valence-electron chi connectivity index (χ3n) is 2.59. The molecular formula is C13H16ClN3O3. The number of ether oxygens (including phenoxy) is 2. The van der Waals surface area contributed by atoms with E-state index < -0.39 is 0 Å². The Morgan fingerprint density at radius 2 is 2.20 bits per heavy atom. The van der Waals surface area contributed by atoms with Gasteiger partial charge in [-0.15, -0.1) is 0 Å². The van der Waals surface area contributed by atoms with Crippen LogP contribution in [0.4, 0.5) is 0 Å². The van der Waals surface area contributed by atoms with Crippen molar-refractivity contribution in [3.8, 4) is 11.5 Å². The molecule has 1 aromatic carbocycles. The Kier molecular flexibility index (Phi) is 4.81. The topological polar surface area (TPSA) is 69.4 Å². The third kappa shape index (κ3) is 3.40. The molecule has 2 rings (SSSR count). The molecule has 0 saturated heterocycles. The smallest absolute Gasteiger partial charge is 0.264 e. The molecule has 0 aliphatic heterocycles. The van der Waals surface area contributed by atoms with E-state index in [1.807, 2.05) is 13.1 Å². The van der Waals surface area contributed by atoms with Crippen LogP contribution in [0.25, 0.3) is 0 Å². The summed E-state index contributed by atoms with van der Waals surface area (Å²) in [4.78, 5) is 4.09. The number of benzene rings is 1. The SMILES string of the molecule is CNCc1cc(Cl)cc(OC)c1OCc1nc(C)no1. The van der Waals surface area contributed by atoms with Gasteiger partial charge < -0.3 is 19.3 Å². The Hall–Kier alpha value is -1.79. The van der Waals surface area contributed by atoms with E-state index in [0.717, 1.165) is 5.56 Å². The number of hydrogen-bond acceptors (Lipinski definition) is 6.